The van der Waals surface area contributed by atoms with Crippen molar-refractivity contribution in [2.45, 2.75) is 30.7 Å². The molecule has 0 fully saturated rings. The van der Waals surface area contributed by atoms with Crippen LogP contribution in [0.3, 0.4) is 0 Å². The third-order valence-corrected chi connectivity index (χ3v) is 5.08. The van der Waals surface area contributed by atoms with Gasteiger partial charge < -0.3 is 15.5 Å². The summed E-state index contributed by atoms with van der Waals surface area (Å²) in [5, 5.41) is 11.1. The van der Waals surface area contributed by atoms with Crippen molar-refractivity contribution in [3.8, 4) is 0 Å². The van der Waals surface area contributed by atoms with E-state index in [9.17, 15) is 22.8 Å². The van der Waals surface area contributed by atoms with Crippen molar-refractivity contribution in [3.63, 3.8) is 0 Å². The smallest absolute Gasteiger partial charge is 0.416 e. The summed E-state index contributed by atoms with van der Waals surface area (Å²) < 4.78 is 44.9. The van der Waals surface area contributed by atoms with Crippen molar-refractivity contribution in [1.29, 1.82) is 0 Å². The van der Waals surface area contributed by atoms with Crippen LogP contribution in [0.4, 0.5) is 18.9 Å². The zero-order valence-corrected chi connectivity index (χ0v) is 16.9. The fraction of sp³-hybridized carbons (Fsp3) is 0.263. The van der Waals surface area contributed by atoms with Gasteiger partial charge in [0, 0.05) is 18.5 Å². The Morgan fingerprint density at radius 2 is 1.90 bits per heavy atom. The molecular formula is C19H18F3N5O3S. The third-order valence-electron chi connectivity index (χ3n) is 4.11. The van der Waals surface area contributed by atoms with Gasteiger partial charge >= 0.3 is 6.18 Å². The van der Waals surface area contributed by atoms with Crippen LogP contribution in [-0.2, 0) is 28.7 Å². The number of carbonyl (C=O) groups excluding carboxylic acids is 2. The minimum Gasteiger partial charge on any atom is -0.467 e. The number of anilines is 1. The highest BCUT2D eigenvalue weighted by Gasteiger charge is 2.30. The van der Waals surface area contributed by atoms with E-state index in [1.54, 1.807) is 16.7 Å². The molecule has 3 rings (SSSR count). The Morgan fingerprint density at radius 3 is 2.52 bits per heavy atom. The van der Waals surface area contributed by atoms with E-state index in [1.807, 2.05) is 0 Å². The Labute approximate surface area is 179 Å². The van der Waals surface area contributed by atoms with Gasteiger partial charge in [0.15, 0.2) is 5.16 Å². The summed E-state index contributed by atoms with van der Waals surface area (Å²) in [6, 6.07) is 7.66. The van der Waals surface area contributed by atoms with E-state index in [0.717, 1.165) is 23.9 Å². The number of hydrogen-bond acceptors (Lipinski definition) is 6. The fourth-order valence-corrected chi connectivity index (χ4v) is 3.39. The minimum absolute atomic E-state index is 0.0485. The van der Waals surface area contributed by atoms with Crippen molar-refractivity contribution in [3.05, 3.63) is 59.8 Å². The van der Waals surface area contributed by atoms with Gasteiger partial charge in [-0.15, -0.1) is 10.2 Å². The van der Waals surface area contributed by atoms with E-state index in [4.69, 9.17) is 10.2 Å². The molecule has 0 aliphatic heterocycles. The Balaban J connectivity index is 1.64. The molecule has 0 radical (unpaired) electrons. The maximum atomic E-state index is 12.6. The zero-order chi connectivity index (χ0) is 22.4. The van der Waals surface area contributed by atoms with E-state index in [2.05, 4.69) is 15.5 Å². The maximum Gasteiger partial charge on any atom is 0.416 e. The number of rotatable bonds is 9. The summed E-state index contributed by atoms with van der Waals surface area (Å²) in [5.41, 5.74) is 4.65. The van der Waals surface area contributed by atoms with Crippen molar-refractivity contribution in [1.82, 2.24) is 14.8 Å². The summed E-state index contributed by atoms with van der Waals surface area (Å²) in [6.07, 6.45) is -2.55. The second-order valence-corrected chi connectivity index (χ2v) is 7.39. The molecule has 2 amide bonds. The van der Waals surface area contributed by atoms with Crippen LogP contribution in [0.5, 0.6) is 0 Å². The molecule has 0 aliphatic rings. The molecule has 0 atom stereocenters. The van der Waals surface area contributed by atoms with Crippen LogP contribution in [0.1, 0.15) is 23.6 Å². The molecule has 8 nitrogen and oxygen atoms in total. The van der Waals surface area contributed by atoms with Crippen molar-refractivity contribution < 1.29 is 27.2 Å². The van der Waals surface area contributed by atoms with E-state index in [1.165, 1.54) is 18.4 Å². The molecule has 0 saturated heterocycles. The molecule has 164 valence electrons. The zero-order valence-electron chi connectivity index (χ0n) is 16.1. The number of nitrogens with two attached hydrogens (primary N) is 1. The number of nitrogens with one attached hydrogen (secondary N) is 1. The average Bonchev–Trinajstić information content (AvgIpc) is 3.35. The molecule has 31 heavy (non-hydrogen) atoms. The topological polar surface area (TPSA) is 116 Å². The number of amides is 2. The van der Waals surface area contributed by atoms with Gasteiger partial charge in [0.25, 0.3) is 0 Å². The molecule has 3 aromatic rings. The highest BCUT2D eigenvalue weighted by Crippen LogP contribution is 2.30. The Kier molecular flexibility index (Phi) is 7.00. The number of benzene rings is 1. The number of thioether (sulfide) groups is 1. The number of primary amides is 1. The Morgan fingerprint density at radius 1 is 1.16 bits per heavy atom. The predicted octanol–water partition coefficient (Wildman–Crippen LogP) is 3.09. The molecule has 2 heterocycles. The molecule has 3 N–H and O–H groups in total. The normalized spacial score (nSPS) is 11.5. The predicted molar refractivity (Wildman–Crippen MR) is 106 cm³/mol. The van der Waals surface area contributed by atoms with Crippen molar-refractivity contribution >= 4 is 29.3 Å². The number of alkyl halides is 3. The molecule has 0 unspecified atom stereocenters. The first-order valence-corrected chi connectivity index (χ1v) is 10.0. The largest absolute Gasteiger partial charge is 0.467 e. The van der Waals surface area contributed by atoms with Crippen molar-refractivity contribution in [2.24, 2.45) is 5.73 Å². The molecule has 0 spiro atoms. The van der Waals surface area contributed by atoms with Crippen LogP contribution < -0.4 is 11.1 Å². The minimum atomic E-state index is -4.44. The van der Waals surface area contributed by atoms with E-state index >= 15 is 0 Å². The lowest BCUT2D eigenvalue weighted by Crippen LogP contribution is -2.16. The summed E-state index contributed by atoms with van der Waals surface area (Å²) in [5.74, 6) is 0.207. The van der Waals surface area contributed by atoms with E-state index in [-0.39, 0.29) is 24.3 Å². The van der Waals surface area contributed by atoms with Gasteiger partial charge in [0.1, 0.15) is 11.6 Å². The average molecular weight is 453 g/mol. The van der Waals surface area contributed by atoms with Crippen LogP contribution in [-0.4, -0.2) is 32.3 Å². The second kappa shape index (κ2) is 9.69. The third kappa shape index (κ3) is 6.35. The number of hydrogen-bond donors (Lipinski definition) is 2. The van der Waals surface area contributed by atoms with Crippen LogP contribution >= 0.6 is 11.8 Å². The van der Waals surface area contributed by atoms with E-state index < -0.39 is 23.6 Å². The molecule has 0 aliphatic carbocycles. The number of nitrogens with zero attached hydrogens (tertiary/aromatic N) is 3. The van der Waals surface area contributed by atoms with Gasteiger partial charge in [0.2, 0.25) is 11.8 Å². The van der Waals surface area contributed by atoms with Gasteiger partial charge in [-0.05, 0) is 36.4 Å². The summed E-state index contributed by atoms with van der Waals surface area (Å²) >= 11 is 1.10. The number of furan rings is 1. The fourth-order valence-electron chi connectivity index (χ4n) is 2.63. The number of carbonyl (C=O) groups is 2. The molecule has 12 heteroatoms. The van der Waals surface area contributed by atoms with E-state index in [0.29, 0.717) is 23.3 Å². The van der Waals surface area contributed by atoms with Crippen LogP contribution in [0, 0.1) is 0 Å². The summed E-state index contributed by atoms with van der Waals surface area (Å²) in [4.78, 5) is 23.3. The summed E-state index contributed by atoms with van der Waals surface area (Å²) in [7, 11) is 0. The van der Waals surface area contributed by atoms with Crippen LogP contribution in [0.25, 0.3) is 0 Å². The highest BCUT2D eigenvalue weighted by atomic mass is 32.2. The van der Waals surface area contributed by atoms with Gasteiger partial charge in [-0.2, -0.15) is 13.2 Å². The number of aromatic nitrogens is 3. The van der Waals surface area contributed by atoms with Gasteiger partial charge in [-0.1, -0.05) is 11.8 Å². The quantitative estimate of drug-likeness (QED) is 0.481. The van der Waals surface area contributed by atoms with Crippen LogP contribution in [0.15, 0.2) is 52.2 Å². The maximum absolute atomic E-state index is 12.6. The summed E-state index contributed by atoms with van der Waals surface area (Å²) in [6.45, 7) is 0.303. The number of aryl methyl sites for hydroxylation is 1. The molecule has 0 bridgehead atoms. The number of halogens is 3. The molecule has 2 aromatic heterocycles. The van der Waals surface area contributed by atoms with Gasteiger partial charge in [-0.3, -0.25) is 14.2 Å². The van der Waals surface area contributed by atoms with Crippen LogP contribution in [0.2, 0.25) is 0 Å². The lowest BCUT2D eigenvalue weighted by molar-refractivity contribution is -0.137. The molecular weight excluding hydrogens is 435 g/mol. The van der Waals surface area contributed by atoms with Gasteiger partial charge in [-0.25, -0.2) is 0 Å². The first-order chi connectivity index (χ1) is 14.7. The molecule has 0 saturated carbocycles. The standard InChI is InChI=1S/C19H18F3N5O3S/c20-19(21,22)12-3-5-13(6-4-12)24-17(29)11-31-18-26-25-16(8-7-15(23)28)27(18)10-14-2-1-9-30-14/h1-6,9H,7-8,10-11H2,(H2,23,28)(H,24,29). The second-order valence-electron chi connectivity index (χ2n) is 6.44. The lowest BCUT2D eigenvalue weighted by atomic mass is 10.2. The van der Waals surface area contributed by atoms with Crippen molar-refractivity contribution in [2.75, 3.05) is 11.1 Å². The SMILES string of the molecule is NC(=O)CCc1nnc(SCC(=O)Nc2ccc(C(F)(F)F)cc2)n1Cc1ccco1. The Bertz CT molecular complexity index is 1030. The lowest BCUT2D eigenvalue weighted by Gasteiger charge is -2.10. The molecule has 1 aromatic carbocycles. The Hall–Kier alpha value is -3.28. The first kappa shape index (κ1) is 22.4. The highest BCUT2D eigenvalue weighted by molar-refractivity contribution is 7.99. The first-order valence-electron chi connectivity index (χ1n) is 9.05. The monoisotopic (exact) mass is 453 g/mol. The van der Waals surface area contributed by atoms with Gasteiger partial charge in [0.05, 0.1) is 24.1 Å².